The molecule has 1 aromatic heterocycles. The maximum absolute atomic E-state index is 13.9. The Morgan fingerprint density at radius 1 is 1.59 bits per heavy atom. The normalized spacial score (nSPS) is 19.8. The highest BCUT2D eigenvalue weighted by Gasteiger charge is 2.41. The van der Waals surface area contributed by atoms with Gasteiger partial charge in [-0.2, -0.15) is 4.39 Å². The van der Waals surface area contributed by atoms with Gasteiger partial charge in [0.05, 0.1) is 9.40 Å². The molecular weight excluding hydrogens is 361 g/mol. The minimum absolute atomic E-state index is 0.0710. The molecule has 1 atom stereocenters. The Bertz CT molecular complexity index is 759. The predicted octanol–water partition coefficient (Wildman–Crippen LogP) is 2.54. The lowest BCUT2D eigenvalue weighted by Crippen LogP contribution is -2.44. The van der Waals surface area contributed by atoms with Crippen LogP contribution >= 0.6 is 15.9 Å². The van der Waals surface area contributed by atoms with Crippen LogP contribution in [0.3, 0.4) is 0 Å². The summed E-state index contributed by atoms with van der Waals surface area (Å²) in [5.74, 6) is -0.969. The van der Waals surface area contributed by atoms with Crippen LogP contribution in [0.15, 0.2) is 35.1 Å². The van der Waals surface area contributed by atoms with Crippen molar-refractivity contribution in [3.63, 3.8) is 0 Å². The summed E-state index contributed by atoms with van der Waals surface area (Å²) in [6.45, 7) is -0.215. The van der Waals surface area contributed by atoms with Gasteiger partial charge in [-0.25, -0.2) is 0 Å². The monoisotopic (exact) mass is 369 g/mol. The van der Waals surface area contributed by atoms with Crippen LogP contribution in [0.25, 0.3) is 0 Å². The van der Waals surface area contributed by atoms with Crippen molar-refractivity contribution in [2.24, 2.45) is 0 Å². The number of pyridine rings is 1. The van der Waals surface area contributed by atoms with E-state index in [-0.39, 0.29) is 22.5 Å². The maximum atomic E-state index is 13.9. The van der Waals surface area contributed by atoms with E-state index in [4.69, 9.17) is 4.74 Å². The molecule has 22 heavy (non-hydrogen) atoms. The number of nitro benzene ring substituents is 1. The number of nitrogens with one attached hydrogen (secondary N) is 1. The Balaban J connectivity index is 2.14. The Kier molecular flexibility index (Phi) is 3.45. The molecule has 0 aliphatic carbocycles. The molecule has 7 nitrogen and oxygen atoms in total. The first kappa shape index (κ1) is 14.7. The molecule has 1 aliphatic heterocycles. The largest absolute Gasteiger partial charge is 0.485 e. The van der Waals surface area contributed by atoms with Crippen LogP contribution in [0, 0.1) is 15.9 Å². The van der Waals surface area contributed by atoms with Crippen molar-refractivity contribution in [2.75, 3.05) is 11.9 Å². The van der Waals surface area contributed by atoms with E-state index in [0.717, 1.165) is 6.07 Å². The second kappa shape index (κ2) is 5.18. The summed E-state index contributed by atoms with van der Waals surface area (Å²) in [4.78, 5) is 14.1. The molecule has 0 spiro atoms. The van der Waals surface area contributed by atoms with Crippen molar-refractivity contribution in [1.82, 2.24) is 4.98 Å². The third-order valence-electron chi connectivity index (χ3n) is 3.24. The first-order chi connectivity index (χ1) is 10.4. The molecule has 0 radical (unpaired) electrons. The fraction of sp³-hybridized carbons (Fsp3) is 0.154. The van der Waals surface area contributed by atoms with Gasteiger partial charge >= 0.3 is 5.69 Å². The van der Waals surface area contributed by atoms with Crippen molar-refractivity contribution in [1.29, 1.82) is 0 Å². The Hall–Kier alpha value is -2.26. The number of anilines is 1. The Morgan fingerprint density at radius 3 is 3.00 bits per heavy atom. The zero-order valence-corrected chi connectivity index (χ0v) is 12.5. The third-order valence-corrected chi connectivity index (χ3v) is 3.83. The molecule has 0 saturated heterocycles. The van der Waals surface area contributed by atoms with Crippen LogP contribution in [-0.4, -0.2) is 21.6 Å². The molecule has 0 fully saturated rings. The van der Waals surface area contributed by atoms with E-state index >= 15 is 0 Å². The van der Waals surface area contributed by atoms with Crippen molar-refractivity contribution >= 4 is 27.3 Å². The van der Waals surface area contributed by atoms with Gasteiger partial charge in [-0.15, -0.1) is 0 Å². The summed E-state index contributed by atoms with van der Waals surface area (Å²) in [6.07, 6.45) is 2.91. The van der Waals surface area contributed by atoms with E-state index in [1.54, 1.807) is 12.1 Å². The predicted molar refractivity (Wildman–Crippen MR) is 78.0 cm³/mol. The number of benzene rings is 1. The van der Waals surface area contributed by atoms with Gasteiger partial charge < -0.3 is 15.2 Å². The maximum Gasteiger partial charge on any atom is 0.331 e. The van der Waals surface area contributed by atoms with Gasteiger partial charge in [-0.05, 0) is 28.1 Å². The molecule has 1 unspecified atom stereocenters. The fourth-order valence-electron chi connectivity index (χ4n) is 2.21. The van der Waals surface area contributed by atoms with Gasteiger partial charge in [0, 0.05) is 18.0 Å². The van der Waals surface area contributed by atoms with Crippen LogP contribution in [0.1, 0.15) is 5.56 Å². The molecule has 114 valence electrons. The Morgan fingerprint density at radius 2 is 2.36 bits per heavy atom. The number of aliphatic hydroxyl groups is 1. The van der Waals surface area contributed by atoms with Crippen LogP contribution < -0.4 is 10.1 Å². The number of ether oxygens (including phenoxy) is 1. The standard InChI is InChI=1S/C13H9BrFN3O4/c14-8-4-9(15)11(18(20)21)10-12(8)22-6-13(19,17-10)7-2-1-3-16-5-7/h1-5,17,19H,6H2. The number of fused-ring (bicyclic) bond motifs is 1. The lowest BCUT2D eigenvalue weighted by atomic mass is 10.0. The SMILES string of the molecule is O=[N+]([O-])c1c(F)cc(Br)c2c1NC(O)(c1cccnc1)CO2. The van der Waals surface area contributed by atoms with Gasteiger partial charge in [0.15, 0.2) is 17.2 Å². The topological polar surface area (TPSA) is 97.5 Å². The highest BCUT2D eigenvalue weighted by molar-refractivity contribution is 9.10. The lowest BCUT2D eigenvalue weighted by Gasteiger charge is -2.35. The second-order valence-corrected chi connectivity index (χ2v) is 5.52. The number of rotatable bonds is 2. The van der Waals surface area contributed by atoms with E-state index in [9.17, 15) is 19.6 Å². The van der Waals surface area contributed by atoms with E-state index in [1.165, 1.54) is 12.4 Å². The molecule has 0 bridgehead atoms. The van der Waals surface area contributed by atoms with Gasteiger partial charge in [0.25, 0.3) is 0 Å². The summed E-state index contributed by atoms with van der Waals surface area (Å²) >= 11 is 3.09. The quantitative estimate of drug-likeness (QED) is 0.623. The fourth-order valence-corrected chi connectivity index (χ4v) is 2.72. The lowest BCUT2D eigenvalue weighted by molar-refractivity contribution is -0.386. The highest BCUT2D eigenvalue weighted by atomic mass is 79.9. The van der Waals surface area contributed by atoms with Gasteiger partial charge in [-0.1, -0.05) is 6.07 Å². The zero-order valence-electron chi connectivity index (χ0n) is 10.9. The summed E-state index contributed by atoms with van der Waals surface area (Å²) in [5, 5.41) is 24.4. The van der Waals surface area contributed by atoms with Crippen molar-refractivity contribution < 1.29 is 19.2 Å². The molecule has 0 amide bonds. The molecule has 2 N–H and O–H groups in total. The van der Waals surface area contributed by atoms with E-state index in [1.807, 2.05) is 0 Å². The number of hydrogen-bond donors (Lipinski definition) is 2. The summed E-state index contributed by atoms with van der Waals surface area (Å²) < 4.78 is 19.5. The number of aromatic nitrogens is 1. The second-order valence-electron chi connectivity index (χ2n) is 4.67. The van der Waals surface area contributed by atoms with E-state index in [0.29, 0.717) is 5.56 Å². The average Bonchev–Trinajstić information content (AvgIpc) is 2.47. The first-order valence-corrected chi connectivity index (χ1v) is 6.92. The molecular formula is C13H9BrFN3O4. The third kappa shape index (κ3) is 2.28. The number of halogens is 2. The van der Waals surface area contributed by atoms with Crippen molar-refractivity contribution in [3.05, 3.63) is 56.6 Å². The molecule has 1 aromatic carbocycles. The molecule has 1 aliphatic rings. The summed E-state index contributed by atoms with van der Waals surface area (Å²) in [6, 6.07) is 4.13. The Labute approximate surface area is 132 Å². The molecule has 2 heterocycles. The van der Waals surface area contributed by atoms with Crippen LogP contribution in [0.2, 0.25) is 0 Å². The molecule has 3 rings (SSSR count). The van der Waals surface area contributed by atoms with Gasteiger partial charge in [0.1, 0.15) is 6.61 Å². The van der Waals surface area contributed by atoms with Crippen molar-refractivity contribution in [3.8, 4) is 5.75 Å². The first-order valence-electron chi connectivity index (χ1n) is 6.12. The number of nitro groups is 1. The van der Waals surface area contributed by atoms with Crippen LogP contribution in [0.5, 0.6) is 5.75 Å². The van der Waals surface area contributed by atoms with Crippen LogP contribution in [0.4, 0.5) is 15.8 Å². The van der Waals surface area contributed by atoms with E-state index in [2.05, 4.69) is 26.2 Å². The van der Waals surface area contributed by atoms with Gasteiger partial charge in [0.2, 0.25) is 5.82 Å². The summed E-state index contributed by atoms with van der Waals surface area (Å²) in [7, 11) is 0. The van der Waals surface area contributed by atoms with Gasteiger partial charge in [-0.3, -0.25) is 15.1 Å². The number of nitrogens with zero attached hydrogens (tertiary/aromatic N) is 2. The smallest absolute Gasteiger partial charge is 0.331 e. The van der Waals surface area contributed by atoms with E-state index < -0.39 is 22.2 Å². The minimum atomic E-state index is -1.75. The zero-order chi connectivity index (χ0) is 15.9. The van der Waals surface area contributed by atoms with Crippen LogP contribution in [-0.2, 0) is 5.72 Å². The molecule has 9 heteroatoms. The number of hydrogen-bond acceptors (Lipinski definition) is 6. The highest BCUT2D eigenvalue weighted by Crippen LogP contribution is 2.47. The average molecular weight is 370 g/mol. The molecule has 2 aromatic rings. The molecule has 0 saturated carbocycles. The summed E-state index contributed by atoms with van der Waals surface area (Å²) in [5.41, 5.74) is -2.43. The van der Waals surface area contributed by atoms with Crippen molar-refractivity contribution in [2.45, 2.75) is 5.72 Å². The minimum Gasteiger partial charge on any atom is -0.485 e.